The zero-order valence-corrected chi connectivity index (χ0v) is 17.9. The summed E-state index contributed by atoms with van der Waals surface area (Å²) in [5, 5.41) is 5.58. The van der Waals surface area contributed by atoms with Gasteiger partial charge in [-0.25, -0.2) is 4.98 Å². The van der Waals surface area contributed by atoms with Gasteiger partial charge in [0.1, 0.15) is 11.4 Å². The van der Waals surface area contributed by atoms with E-state index in [2.05, 4.69) is 30.6 Å². The molecule has 2 N–H and O–H groups in total. The summed E-state index contributed by atoms with van der Waals surface area (Å²) in [6, 6.07) is 6.68. The molecule has 2 aromatic heterocycles. The van der Waals surface area contributed by atoms with Crippen LogP contribution in [0.2, 0.25) is 0 Å². The van der Waals surface area contributed by atoms with E-state index in [-0.39, 0.29) is 55.3 Å². The van der Waals surface area contributed by atoms with Crippen molar-refractivity contribution in [1.29, 1.82) is 0 Å². The molecule has 0 saturated heterocycles. The number of allylic oxidation sites excluding steroid dienone is 1. The molecule has 13 heteroatoms. The van der Waals surface area contributed by atoms with Crippen molar-refractivity contribution in [2.75, 3.05) is 30.4 Å². The molecule has 7 nitrogen and oxygen atoms in total. The van der Waals surface area contributed by atoms with E-state index in [1.165, 1.54) is 12.1 Å². The van der Waals surface area contributed by atoms with Crippen molar-refractivity contribution in [3.63, 3.8) is 0 Å². The molecule has 35 heavy (non-hydrogen) atoms. The third kappa shape index (κ3) is 6.44. The van der Waals surface area contributed by atoms with Crippen LogP contribution in [0.1, 0.15) is 16.8 Å². The number of benzene rings is 1. The largest absolute Gasteiger partial charge is 0.433 e. The average Bonchev–Trinajstić information content (AvgIpc) is 2.79. The minimum atomic E-state index is -4.68. The van der Waals surface area contributed by atoms with Crippen LogP contribution in [-0.2, 0) is 23.5 Å². The monoisotopic (exact) mass is 496 g/mol. The Kier molecular flexibility index (Phi) is 6.87. The van der Waals surface area contributed by atoms with E-state index < -0.39 is 23.6 Å². The fraction of sp³-hybridized carbons (Fsp3) is 0.273. The van der Waals surface area contributed by atoms with Gasteiger partial charge in [0.2, 0.25) is 11.9 Å². The van der Waals surface area contributed by atoms with E-state index in [1.54, 1.807) is 12.2 Å². The van der Waals surface area contributed by atoms with E-state index >= 15 is 0 Å². The van der Waals surface area contributed by atoms with Gasteiger partial charge in [-0.1, -0.05) is 18.2 Å². The van der Waals surface area contributed by atoms with Crippen LogP contribution in [0.25, 0.3) is 11.5 Å². The summed E-state index contributed by atoms with van der Waals surface area (Å²) >= 11 is 0. The normalized spacial score (nSPS) is 15.8. The first kappa shape index (κ1) is 24.4. The minimum Gasteiger partial charge on any atom is -0.376 e. The maximum absolute atomic E-state index is 13.5. The number of alkyl halides is 6. The molecule has 0 radical (unpaired) electrons. The highest BCUT2D eigenvalue weighted by molar-refractivity contribution is 5.60. The highest BCUT2D eigenvalue weighted by Gasteiger charge is 2.33. The lowest BCUT2D eigenvalue weighted by Crippen LogP contribution is -2.14. The summed E-state index contributed by atoms with van der Waals surface area (Å²) in [6.07, 6.45) is -5.66. The Morgan fingerprint density at radius 1 is 0.829 bits per heavy atom. The number of halogens is 6. The number of nitrogens with zero attached hydrogens (tertiary/aromatic N) is 4. The molecule has 0 spiro atoms. The number of pyridine rings is 1. The summed E-state index contributed by atoms with van der Waals surface area (Å²) in [7, 11) is 0. The second-order valence-corrected chi connectivity index (χ2v) is 7.43. The molecule has 1 aliphatic heterocycles. The topological polar surface area (TPSA) is 84.9 Å². The number of aromatic nitrogens is 4. The van der Waals surface area contributed by atoms with Crippen molar-refractivity contribution in [3.8, 4) is 11.5 Å². The SMILES string of the molecule is FC(F)(F)c1cc2cc(c1)Nc1nc(nc(-c3cccc(C(F)(F)F)n3)n1)NCCOC/C=C\C2. The van der Waals surface area contributed by atoms with Gasteiger partial charge in [0.15, 0.2) is 5.82 Å². The lowest BCUT2D eigenvalue weighted by Gasteiger charge is -2.14. The van der Waals surface area contributed by atoms with E-state index in [1.807, 2.05) is 0 Å². The number of hydrogen-bond donors (Lipinski definition) is 2. The van der Waals surface area contributed by atoms with Gasteiger partial charge in [0.25, 0.3) is 0 Å². The number of anilines is 3. The summed E-state index contributed by atoms with van der Waals surface area (Å²) in [4.78, 5) is 15.9. The molecule has 4 rings (SSSR count). The number of nitrogens with one attached hydrogen (secondary N) is 2. The quantitative estimate of drug-likeness (QED) is 0.351. The molecule has 0 fully saturated rings. The molecule has 1 aromatic carbocycles. The first-order chi connectivity index (χ1) is 16.6. The molecular weight excluding hydrogens is 478 g/mol. The molecule has 3 aromatic rings. The van der Waals surface area contributed by atoms with Crippen molar-refractivity contribution in [3.05, 3.63) is 65.4 Å². The first-order valence-electron chi connectivity index (χ1n) is 10.3. The van der Waals surface area contributed by atoms with Crippen molar-refractivity contribution < 1.29 is 31.1 Å². The zero-order valence-electron chi connectivity index (χ0n) is 17.9. The Hall–Kier alpha value is -3.74. The van der Waals surface area contributed by atoms with Crippen LogP contribution < -0.4 is 10.6 Å². The maximum atomic E-state index is 13.5. The van der Waals surface area contributed by atoms with Crippen molar-refractivity contribution in [2.45, 2.75) is 18.8 Å². The van der Waals surface area contributed by atoms with Crippen LogP contribution in [0.15, 0.2) is 48.6 Å². The zero-order chi connectivity index (χ0) is 25.1. The minimum absolute atomic E-state index is 0.0158. The number of fused-ring (bicyclic) bond motifs is 4. The van der Waals surface area contributed by atoms with E-state index in [4.69, 9.17) is 4.74 Å². The molecule has 0 atom stereocenters. The molecule has 1 aliphatic rings. The molecular formula is C22H18F6N6O. The van der Waals surface area contributed by atoms with Gasteiger partial charge < -0.3 is 15.4 Å². The fourth-order valence-corrected chi connectivity index (χ4v) is 3.19. The molecule has 0 unspecified atom stereocenters. The summed E-state index contributed by atoms with van der Waals surface area (Å²) < 4.78 is 85.2. The van der Waals surface area contributed by atoms with Gasteiger partial charge in [-0.05, 0) is 42.3 Å². The number of hydrogen-bond acceptors (Lipinski definition) is 7. The van der Waals surface area contributed by atoms with Gasteiger partial charge in [-0.2, -0.15) is 41.3 Å². The van der Waals surface area contributed by atoms with E-state index in [0.29, 0.717) is 5.56 Å². The highest BCUT2D eigenvalue weighted by atomic mass is 19.4. The van der Waals surface area contributed by atoms with Crippen LogP contribution >= 0.6 is 0 Å². The van der Waals surface area contributed by atoms with Gasteiger partial charge in [-0.3, -0.25) is 0 Å². The second-order valence-electron chi connectivity index (χ2n) is 7.43. The van der Waals surface area contributed by atoms with Gasteiger partial charge in [-0.15, -0.1) is 0 Å². The third-order valence-electron chi connectivity index (χ3n) is 4.74. The predicted molar refractivity (Wildman–Crippen MR) is 115 cm³/mol. The predicted octanol–water partition coefficient (Wildman–Crippen LogP) is 5.26. The summed E-state index contributed by atoms with van der Waals surface area (Å²) in [5.74, 6) is -0.388. The van der Waals surface area contributed by atoms with E-state index in [9.17, 15) is 26.3 Å². The summed E-state index contributed by atoms with van der Waals surface area (Å²) in [5.41, 5.74) is -1.77. The Labute approximate surface area is 195 Å². The van der Waals surface area contributed by atoms with Crippen LogP contribution in [0.3, 0.4) is 0 Å². The van der Waals surface area contributed by atoms with E-state index in [0.717, 1.165) is 24.3 Å². The van der Waals surface area contributed by atoms with Crippen LogP contribution in [0.4, 0.5) is 43.9 Å². The molecule has 4 bridgehead atoms. The van der Waals surface area contributed by atoms with Crippen LogP contribution in [0, 0.1) is 0 Å². The molecule has 0 saturated carbocycles. The Morgan fingerprint density at radius 3 is 2.40 bits per heavy atom. The second kappa shape index (κ2) is 9.86. The van der Waals surface area contributed by atoms with Crippen molar-refractivity contribution in [1.82, 2.24) is 19.9 Å². The maximum Gasteiger partial charge on any atom is 0.433 e. The Bertz CT molecular complexity index is 1230. The molecule has 0 amide bonds. The third-order valence-corrected chi connectivity index (χ3v) is 4.74. The molecule has 184 valence electrons. The van der Waals surface area contributed by atoms with Crippen molar-refractivity contribution >= 4 is 17.6 Å². The standard InChI is InChI=1S/C22H18F6N6O/c23-21(24,25)14-10-13-4-1-2-8-35-9-7-29-19-32-18(33-20(34-19)30-15(11-13)12-14)16-5-3-6-17(31-16)22(26,27)28/h1-3,5-6,10-12H,4,7-9H2,(H2,29,30,32,33,34)/b2-1-. The van der Waals surface area contributed by atoms with Gasteiger partial charge in [0.05, 0.1) is 18.8 Å². The Morgan fingerprint density at radius 2 is 1.63 bits per heavy atom. The van der Waals surface area contributed by atoms with Gasteiger partial charge in [0, 0.05) is 12.2 Å². The summed E-state index contributed by atoms with van der Waals surface area (Å²) in [6.45, 7) is 0.758. The average molecular weight is 496 g/mol. The van der Waals surface area contributed by atoms with Crippen LogP contribution in [0.5, 0.6) is 0 Å². The van der Waals surface area contributed by atoms with Crippen LogP contribution in [-0.4, -0.2) is 39.7 Å². The van der Waals surface area contributed by atoms with Gasteiger partial charge >= 0.3 is 12.4 Å². The molecule has 0 aliphatic carbocycles. The lowest BCUT2D eigenvalue weighted by molar-refractivity contribution is -0.141. The highest BCUT2D eigenvalue weighted by Crippen LogP contribution is 2.33. The smallest absolute Gasteiger partial charge is 0.376 e. The Balaban J connectivity index is 1.78. The first-order valence-corrected chi connectivity index (χ1v) is 10.3. The molecule has 3 heterocycles. The lowest BCUT2D eigenvalue weighted by atomic mass is 10.1. The fourth-order valence-electron chi connectivity index (χ4n) is 3.19. The van der Waals surface area contributed by atoms with Crippen molar-refractivity contribution in [2.24, 2.45) is 0 Å². The number of ether oxygens (including phenoxy) is 1. The number of rotatable bonds is 1.